The third-order valence-electron chi connectivity index (χ3n) is 4.51. The number of nitrogens with one attached hydrogen (secondary N) is 1. The van der Waals surface area contributed by atoms with E-state index in [-0.39, 0.29) is 5.91 Å². The van der Waals surface area contributed by atoms with Crippen molar-refractivity contribution >= 4 is 29.1 Å². The molecule has 1 aliphatic heterocycles. The maximum atomic E-state index is 12.6. The van der Waals surface area contributed by atoms with Crippen molar-refractivity contribution < 1.29 is 9.53 Å². The Bertz CT molecular complexity index is 760. The molecule has 0 atom stereocenters. The molecule has 1 N–H and O–H groups in total. The summed E-state index contributed by atoms with van der Waals surface area (Å²) in [6.45, 7) is 2.56. The Morgan fingerprint density at radius 3 is 2.69 bits per heavy atom. The molecule has 2 aromatic rings. The van der Waals surface area contributed by atoms with Crippen LogP contribution in [0.2, 0.25) is 10.0 Å². The molecule has 3 rings (SSSR count). The molecule has 26 heavy (non-hydrogen) atoms. The number of benzene rings is 1. The van der Waals surface area contributed by atoms with E-state index in [2.05, 4.69) is 10.3 Å². The molecular formula is C19H21Cl2N3O2. The summed E-state index contributed by atoms with van der Waals surface area (Å²) in [6, 6.07) is 8.54. The van der Waals surface area contributed by atoms with Gasteiger partial charge in [0.05, 0.1) is 10.6 Å². The van der Waals surface area contributed by atoms with Crippen LogP contribution in [0.5, 0.6) is 11.6 Å². The van der Waals surface area contributed by atoms with E-state index in [9.17, 15) is 4.79 Å². The lowest BCUT2D eigenvalue weighted by Gasteiger charge is -2.31. The number of hydrogen-bond acceptors (Lipinski definition) is 4. The largest absolute Gasteiger partial charge is 0.437 e. The van der Waals surface area contributed by atoms with E-state index < -0.39 is 0 Å². The molecule has 5 nitrogen and oxygen atoms in total. The highest BCUT2D eigenvalue weighted by Gasteiger charge is 2.23. The van der Waals surface area contributed by atoms with Crippen LogP contribution in [0.25, 0.3) is 0 Å². The van der Waals surface area contributed by atoms with E-state index >= 15 is 0 Å². The van der Waals surface area contributed by atoms with E-state index in [0.717, 1.165) is 32.5 Å². The zero-order chi connectivity index (χ0) is 18.5. The normalized spacial score (nSPS) is 15.1. The number of halogens is 2. The van der Waals surface area contributed by atoms with Crippen molar-refractivity contribution in [2.45, 2.75) is 12.8 Å². The highest BCUT2D eigenvalue weighted by molar-refractivity contribution is 6.42. The van der Waals surface area contributed by atoms with Crippen molar-refractivity contribution in [2.24, 2.45) is 5.92 Å². The highest BCUT2D eigenvalue weighted by Crippen LogP contribution is 2.34. The van der Waals surface area contributed by atoms with Crippen LogP contribution < -0.4 is 10.1 Å². The molecule has 0 bridgehead atoms. The summed E-state index contributed by atoms with van der Waals surface area (Å²) >= 11 is 12.1. The summed E-state index contributed by atoms with van der Waals surface area (Å²) < 4.78 is 5.65. The molecule has 0 unspecified atom stereocenters. The fourth-order valence-electron chi connectivity index (χ4n) is 3.05. The Hall–Kier alpha value is -1.82. The molecule has 1 saturated heterocycles. The number of nitrogens with zero attached hydrogens (tertiary/aromatic N) is 2. The Balaban J connectivity index is 1.62. The lowest BCUT2D eigenvalue weighted by Crippen LogP contribution is -2.40. The first-order valence-corrected chi connectivity index (χ1v) is 9.36. The van der Waals surface area contributed by atoms with Crippen LogP contribution in [0.1, 0.15) is 23.2 Å². The van der Waals surface area contributed by atoms with Crippen LogP contribution in [0.15, 0.2) is 36.5 Å². The molecule has 1 aliphatic rings. The van der Waals surface area contributed by atoms with Gasteiger partial charge in [-0.25, -0.2) is 4.98 Å². The number of amides is 1. The molecule has 0 spiro atoms. The van der Waals surface area contributed by atoms with Gasteiger partial charge < -0.3 is 15.0 Å². The Labute approximate surface area is 163 Å². The van der Waals surface area contributed by atoms with Gasteiger partial charge in [0.25, 0.3) is 5.91 Å². The SMILES string of the molecule is CNCC1CCN(C(=O)c2ccc(Oc3cccc(Cl)c3Cl)nc2)CC1. The number of likely N-dealkylation sites (tertiary alicyclic amines) is 1. The van der Waals surface area contributed by atoms with Gasteiger partial charge in [-0.1, -0.05) is 29.3 Å². The zero-order valence-corrected chi connectivity index (χ0v) is 16.1. The third kappa shape index (κ3) is 4.47. The van der Waals surface area contributed by atoms with Gasteiger partial charge in [-0.15, -0.1) is 0 Å². The van der Waals surface area contributed by atoms with Crippen molar-refractivity contribution in [3.63, 3.8) is 0 Å². The van der Waals surface area contributed by atoms with Crippen LogP contribution in [-0.2, 0) is 0 Å². The van der Waals surface area contributed by atoms with Gasteiger partial charge in [0.2, 0.25) is 5.88 Å². The number of hydrogen-bond donors (Lipinski definition) is 1. The summed E-state index contributed by atoms with van der Waals surface area (Å²) in [5.41, 5.74) is 0.557. The second-order valence-electron chi connectivity index (χ2n) is 6.33. The maximum Gasteiger partial charge on any atom is 0.255 e. The van der Waals surface area contributed by atoms with Crippen LogP contribution in [0.4, 0.5) is 0 Å². The minimum Gasteiger partial charge on any atom is -0.437 e. The van der Waals surface area contributed by atoms with Gasteiger partial charge >= 0.3 is 0 Å². The summed E-state index contributed by atoms with van der Waals surface area (Å²) in [5, 5.41) is 3.95. The van der Waals surface area contributed by atoms with Crippen LogP contribution in [0.3, 0.4) is 0 Å². The molecule has 0 saturated carbocycles. The van der Waals surface area contributed by atoms with Gasteiger partial charge in [-0.05, 0) is 50.6 Å². The second-order valence-corrected chi connectivity index (χ2v) is 7.12. The monoisotopic (exact) mass is 393 g/mol. The lowest BCUT2D eigenvalue weighted by molar-refractivity contribution is 0.0690. The number of piperidine rings is 1. The van der Waals surface area contributed by atoms with Gasteiger partial charge in [-0.3, -0.25) is 4.79 Å². The average molecular weight is 394 g/mol. The third-order valence-corrected chi connectivity index (χ3v) is 5.31. The van der Waals surface area contributed by atoms with Gasteiger partial charge in [0, 0.05) is 25.4 Å². The van der Waals surface area contributed by atoms with Crippen molar-refractivity contribution in [3.05, 3.63) is 52.1 Å². The van der Waals surface area contributed by atoms with Crippen LogP contribution in [0, 0.1) is 5.92 Å². The van der Waals surface area contributed by atoms with E-state index in [4.69, 9.17) is 27.9 Å². The highest BCUT2D eigenvalue weighted by atomic mass is 35.5. The van der Waals surface area contributed by atoms with E-state index in [0.29, 0.717) is 33.2 Å². The number of pyridine rings is 1. The smallest absolute Gasteiger partial charge is 0.255 e. The molecule has 1 amide bonds. The molecule has 7 heteroatoms. The number of rotatable bonds is 5. The molecule has 0 aliphatic carbocycles. The molecular weight excluding hydrogens is 373 g/mol. The number of aromatic nitrogens is 1. The summed E-state index contributed by atoms with van der Waals surface area (Å²) in [6.07, 6.45) is 3.58. The average Bonchev–Trinajstić information content (AvgIpc) is 2.66. The Morgan fingerprint density at radius 1 is 1.27 bits per heavy atom. The summed E-state index contributed by atoms with van der Waals surface area (Å²) in [7, 11) is 1.96. The van der Waals surface area contributed by atoms with Crippen molar-refractivity contribution in [2.75, 3.05) is 26.7 Å². The minimum absolute atomic E-state index is 0.00717. The van der Waals surface area contributed by atoms with E-state index in [1.54, 1.807) is 30.3 Å². The second kappa shape index (κ2) is 8.71. The standard InChI is InChI=1S/C19H21Cl2N3O2/c1-22-11-13-7-9-24(10-8-13)19(25)14-5-6-17(23-12-14)26-16-4-2-3-15(20)18(16)21/h2-6,12-13,22H,7-11H2,1H3. The van der Waals surface area contributed by atoms with E-state index in [1.165, 1.54) is 6.20 Å². The maximum absolute atomic E-state index is 12.6. The fourth-order valence-corrected chi connectivity index (χ4v) is 3.38. The molecule has 1 fully saturated rings. The molecule has 0 radical (unpaired) electrons. The summed E-state index contributed by atoms with van der Waals surface area (Å²) in [5.74, 6) is 1.43. The van der Waals surface area contributed by atoms with Gasteiger partial charge in [-0.2, -0.15) is 0 Å². The predicted molar refractivity (Wildman–Crippen MR) is 103 cm³/mol. The first kappa shape index (κ1) is 19.0. The Kier molecular flexibility index (Phi) is 6.35. The van der Waals surface area contributed by atoms with Crippen LogP contribution >= 0.6 is 23.2 Å². The first-order chi connectivity index (χ1) is 12.6. The fraction of sp³-hybridized carbons (Fsp3) is 0.368. The summed E-state index contributed by atoms with van der Waals surface area (Å²) in [4.78, 5) is 18.7. The van der Waals surface area contributed by atoms with E-state index in [1.807, 2.05) is 11.9 Å². The quantitative estimate of drug-likeness (QED) is 0.824. The lowest BCUT2D eigenvalue weighted by atomic mass is 9.96. The van der Waals surface area contributed by atoms with Crippen LogP contribution in [-0.4, -0.2) is 42.5 Å². The van der Waals surface area contributed by atoms with Gasteiger partial charge in [0.15, 0.2) is 0 Å². The van der Waals surface area contributed by atoms with Crippen molar-refractivity contribution in [1.82, 2.24) is 15.2 Å². The number of ether oxygens (including phenoxy) is 1. The molecule has 1 aromatic carbocycles. The molecule has 138 valence electrons. The minimum atomic E-state index is 0.00717. The zero-order valence-electron chi connectivity index (χ0n) is 14.5. The molecule has 2 heterocycles. The predicted octanol–water partition coefficient (Wildman–Crippen LogP) is 4.25. The van der Waals surface area contributed by atoms with Crippen molar-refractivity contribution in [3.8, 4) is 11.6 Å². The number of carbonyl (C=O) groups is 1. The van der Waals surface area contributed by atoms with Gasteiger partial charge in [0.1, 0.15) is 10.8 Å². The first-order valence-electron chi connectivity index (χ1n) is 8.60. The topological polar surface area (TPSA) is 54.5 Å². The number of carbonyl (C=O) groups excluding carboxylic acids is 1. The Morgan fingerprint density at radius 2 is 2.04 bits per heavy atom. The molecule has 1 aromatic heterocycles. The van der Waals surface area contributed by atoms with Crippen molar-refractivity contribution in [1.29, 1.82) is 0 Å².